The number of benzene rings is 2. The monoisotopic (exact) mass is 314 g/mol. The van der Waals surface area contributed by atoms with Crippen LogP contribution in [0.2, 0.25) is 0 Å². The van der Waals surface area contributed by atoms with Gasteiger partial charge in [0.15, 0.2) is 0 Å². The molecule has 1 amide bonds. The van der Waals surface area contributed by atoms with E-state index < -0.39 is 6.04 Å². The molecule has 0 aliphatic rings. The van der Waals surface area contributed by atoms with Gasteiger partial charge >= 0.3 is 0 Å². The molecule has 2 N–H and O–H groups in total. The first kappa shape index (κ1) is 16.7. The zero-order valence-electron chi connectivity index (χ0n) is 13.8. The maximum atomic E-state index is 12.4. The van der Waals surface area contributed by atoms with Gasteiger partial charge in [-0.25, -0.2) is 0 Å². The van der Waals surface area contributed by atoms with Crippen molar-refractivity contribution in [3.63, 3.8) is 0 Å². The molecule has 0 aliphatic heterocycles. The van der Waals surface area contributed by atoms with Gasteiger partial charge in [0.25, 0.3) is 0 Å². The number of aryl methyl sites for hydroxylation is 1. The highest BCUT2D eigenvalue weighted by Gasteiger charge is 2.16. The molecule has 122 valence electrons. The first-order valence-electron chi connectivity index (χ1n) is 7.40. The molecule has 2 aromatic carbocycles. The van der Waals surface area contributed by atoms with Gasteiger partial charge in [-0.05, 0) is 37.6 Å². The Morgan fingerprint density at radius 3 is 2.43 bits per heavy atom. The highest BCUT2D eigenvalue weighted by Crippen LogP contribution is 2.29. The Kier molecular flexibility index (Phi) is 5.46. The Morgan fingerprint density at radius 1 is 1.04 bits per heavy atom. The van der Waals surface area contributed by atoms with Crippen molar-refractivity contribution in [2.75, 3.05) is 24.9 Å². The first-order valence-corrected chi connectivity index (χ1v) is 7.40. The molecule has 0 spiro atoms. The van der Waals surface area contributed by atoms with Crippen LogP contribution in [0.1, 0.15) is 12.5 Å². The van der Waals surface area contributed by atoms with Crippen LogP contribution in [-0.4, -0.2) is 26.2 Å². The molecule has 0 bridgehead atoms. The lowest BCUT2D eigenvalue weighted by Crippen LogP contribution is -2.32. The molecule has 23 heavy (non-hydrogen) atoms. The largest absolute Gasteiger partial charge is 0.497 e. The summed E-state index contributed by atoms with van der Waals surface area (Å²) < 4.78 is 10.5. The number of hydrogen-bond acceptors (Lipinski definition) is 4. The number of para-hydroxylation sites is 1. The smallest absolute Gasteiger partial charge is 0.246 e. The van der Waals surface area contributed by atoms with Crippen molar-refractivity contribution in [3.8, 4) is 11.5 Å². The van der Waals surface area contributed by atoms with Crippen molar-refractivity contribution >= 4 is 17.3 Å². The maximum Gasteiger partial charge on any atom is 0.246 e. The average molecular weight is 314 g/mol. The standard InChI is InChI=1S/C18H22N2O3/c1-12-7-5-6-8-15(12)20-18(21)13(2)19-16-10-9-14(22-3)11-17(16)23-4/h5-11,13,19H,1-4H3,(H,20,21). The number of amides is 1. The summed E-state index contributed by atoms with van der Waals surface area (Å²) in [6.45, 7) is 3.76. The minimum absolute atomic E-state index is 0.114. The summed E-state index contributed by atoms with van der Waals surface area (Å²) in [4.78, 5) is 12.4. The fraction of sp³-hybridized carbons (Fsp3) is 0.278. The summed E-state index contributed by atoms with van der Waals surface area (Å²) in [7, 11) is 3.18. The number of carbonyl (C=O) groups excluding carboxylic acids is 1. The van der Waals surface area contributed by atoms with Crippen LogP contribution in [0.25, 0.3) is 0 Å². The zero-order chi connectivity index (χ0) is 16.8. The Morgan fingerprint density at radius 2 is 1.78 bits per heavy atom. The third kappa shape index (κ3) is 4.16. The minimum Gasteiger partial charge on any atom is -0.497 e. The van der Waals surface area contributed by atoms with Gasteiger partial charge in [0.1, 0.15) is 17.5 Å². The lowest BCUT2D eigenvalue weighted by Gasteiger charge is -2.18. The topological polar surface area (TPSA) is 59.6 Å². The Hall–Kier alpha value is -2.69. The molecular formula is C18H22N2O3. The molecule has 0 radical (unpaired) electrons. The molecule has 2 aromatic rings. The van der Waals surface area contributed by atoms with E-state index in [1.807, 2.05) is 43.3 Å². The Labute approximate surface area is 136 Å². The van der Waals surface area contributed by atoms with Gasteiger partial charge in [0.05, 0.1) is 19.9 Å². The second-order valence-corrected chi connectivity index (χ2v) is 5.24. The van der Waals surface area contributed by atoms with E-state index in [1.54, 1.807) is 27.2 Å². The third-order valence-corrected chi connectivity index (χ3v) is 3.58. The van der Waals surface area contributed by atoms with Crippen LogP contribution in [0.15, 0.2) is 42.5 Å². The van der Waals surface area contributed by atoms with E-state index in [2.05, 4.69) is 10.6 Å². The van der Waals surface area contributed by atoms with Crippen LogP contribution in [0.3, 0.4) is 0 Å². The van der Waals surface area contributed by atoms with Crippen molar-refractivity contribution in [2.24, 2.45) is 0 Å². The van der Waals surface area contributed by atoms with Crippen LogP contribution in [0, 0.1) is 6.92 Å². The van der Waals surface area contributed by atoms with Gasteiger partial charge < -0.3 is 20.1 Å². The first-order chi connectivity index (χ1) is 11.0. The number of methoxy groups -OCH3 is 2. The normalized spacial score (nSPS) is 11.5. The van der Waals surface area contributed by atoms with E-state index in [9.17, 15) is 4.79 Å². The fourth-order valence-electron chi connectivity index (χ4n) is 2.17. The molecule has 2 rings (SSSR count). The fourth-order valence-corrected chi connectivity index (χ4v) is 2.17. The van der Waals surface area contributed by atoms with Crippen molar-refractivity contribution in [3.05, 3.63) is 48.0 Å². The Balaban J connectivity index is 2.08. The van der Waals surface area contributed by atoms with E-state index in [0.29, 0.717) is 11.5 Å². The number of anilines is 2. The van der Waals surface area contributed by atoms with E-state index >= 15 is 0 Å². The molecule has 0 heterocycles. The third-order valence-electron chi connectivity index (χ3n) is 3.58. The van der Waals surface area contributed by atoms with Crippen molar-refractivity contribution in [1.29, 1.82) is 0 Å². The molecule has 1 unspecified atom stereocenters. The van der Waals surface area contributed by atoms with Crippen molar-refractivity contribution in [1.82, 2.24) is 0 Å². The molecule has 0 saturated heterocycles. The second kappa shape index (κ2) is 7.54. The van der Waals surface area contributed by atoms with Crippen LogP contribution in [0.5, 0.6) is 11.5 Å². The molecule has 0 fully saturated rings. The summed E-state index contributed by atoms with van der Waals surface area (Å²) in [6.07, 6.45) is 0. The highest BCUT2D eigenvalue weighted by molar-refractivity contribution is 5.97. The molecule has 0 aromatic heterocycles. The van der Waals surface area contributed by atoms with E-state index in [-0.39, 0.29) is 5.91 Å². The van der Waals surface area contributed by atoms with E-state index in [4.69, 9.17) is 9.47 Å². The van der Waals surface area contributed by atoms with Gasteiger partial charge in [-0.3, -0.25) is 4.79 Å². The van der Waals surface area contributed by atoms with Crippen LogP contribution in [-0.2, 0) is 4.79 Å². The summed E-state index contributed by atoms with van der Waals surface area (Å²) in [5.74, 6) is 1.21. The summed E-state index contributed by atoms with van der Waals surface area (Å²) in [5, 5.41) is 6.08. The SMILES string of the molecule is COc1ccc(NC(C)C(=O)Nc2ccccc2C)c(OC)c1. The number of hydrogen-bond donors (Lipinski definition) is 2. The van der Waals surface area contributed by atoms with Gasteiger partial charge in [-0.1, -0.05) is 18.2 Å². The van der Waals surface area contributed by atoms with Crippen molar-refractivity contribution < 1.29 is 14.3 Å². The maximum absolute atomic E-state index is 12.4. The average Bonchev–Trinajstić information content (AvgIpc) is 2.57. The quantitative estimate of drug-likeness (QED) is 0.857. The van der Waals surface area contributed by atoms with Crippen LogP contribution >= 0.6 is 0 Å². The highest BCUT2D eigenvalue weighted by atomic mass is 16.5. The van der Waals surface area contributed by atoms with E-state index in [0.717, 1.165) is 16.9 Å². The molecular weight excluding hydrogens is 292 g/mol. The number of carbonyl (C=O) groups is 1. The predicted octanol–water partition coefficient (Wildman–Crippen LogP) is 3.45. The number of ether oxygens (including phenoxy) is 2. The number of rotatable bonds is 6. The van der Waals surface area contributed by atoms with Crippen LogP contribution < -0.4 is 20.1 Å². The van der Waals surface area contributed by atoms with E-state index in [1.165, 1.54) is 0 Å². The van der Waals surface area contributed by atoms with Gasteiger partial charge in [0, 0.05) is 11.8 Å². The molecule has 5 nitrogen and oxygen atoms in total. The van der Waals surface area contributed by atoms with Crippen molar-refractivity contribution in [2.45, 2.75) is 19.9 Å². The minimum atomic E-state index is -0.420. The summed E-state index contributed by atoms with van der Waals surface area (Å²) in [6, 6.07) is 12.7. The lowest BCUT2D eigenvalue weighted by molar-refractivity contribution is -0.116. The number of nitrogens with one attached hydrogen (secondary N) is 2. The van der Waals surface area contributed by atoms with Gasteiger partial charge in [0.2, 0.25) is 5.91 Å². The van der Waals surface area contributed by atoms with Gasteiger partial charge in [-0.15, -0.1) is 0 Å². The van der Waals surface area contributed by atoms with Crippen LogP contribution in [0.4, 0.5) is 11.4 Å². The zero-order valence-corrected chi connectivity index (χ0v) is 13.8. The molecule has 5 heteroatoms. The summed E-state index contributed by atoms with van der Waals surface area (Å²) >= 11 is 0. The second-order valence-electron chi connectivity index (χ2n) is 5.24. The predicted molar refractivity (Wildman–Crippen MR) is 92.4 cm³/mol. The summed E-state index contributed by atoms with van der Waals surface area (Å²) in [5.41, 5.74) is 2.57. The molecule has 1 atom stereocenters. The Bertz CT molecular complexity index is 686. The van der Waals surface area contributed by atoms with Gasteiger partial charge in [-0.2, -0.15) is 0 Å². The molecule has 0 saturated carbocycles. The molecule has 0 aliphatic carbocycles. The lowest BCUT2D eigenvalue weighted by atomic mass is 10.2.